The summed E-state index contributed by atoms with van der Waals surface area (Å²) in [6.07, 6.45) is -4.34. The number of benzene rings is 1. The van der Waals surface area contributed by atoms with Gasteiger partial charge in [-0.2, -0.15) is 29.3 Å². The number of nitrogens with zero attached hydrogens (tertiary/aromatic N) is 5. The van der Waals surface area contributed by atoms with Crippen LogP contribution in [0.25, 0.3) is 22.0 Å². The van der Waals surface area contributed by atoms with Crippen molar-refractivity contribution in [1.82, 2.24) is 25.2 Å². The molecule has 0 bridgehead atoms. The van der Waals surface area contributed by atoms with Gasteiger partial charge in [-0.1, -0.05) is 12.1 Å². The van der Waals surface area contributed by atoms with Gasteiger partial charge in [0.05, 0.1) is 11.3 Å². The molecule has 5 nitrogen and oxygen atoms in total. The second-order valence-electron chi connectivity index (χ2n) is 5.37. The minimum absolute atomic E-state index is 0.342. The van der Waals surface area contributed by atoms with Crippen LogP contribution in [0.1, 0.15) is 11.3 Å². The van der Waals surface area contributed by atoms with Gasteiger partial charge in [-0.05, 0) is 28.8 Å². The molecule has 3 heterocycles. The van der Waals surface area contributed by atoms with Crippen molar-refractivity contribution in [2.45, 2.75) is 12.7 Å². The Bertz CT molecular complexity index is 1000. The van der Waals surface area contributed by atoms with Crippen molar-refractivity contribution in [2.24, 2.45) is 0 Å². The van der Waals surface area contributed by atoms with E-state index in [0.29, 0.717) is 22.9 Å². The zero-order valence-corrected chi connectivity index (χ0v) is 14.6. The summed E-state index contributed by atoms with van der Waals surface area (Å²) in [6, 6.07) is 6.88. The Kier molecular flexibility index (Phi) is 4.29. The molecule has 0 saturated carbocycles. The first-order chi connectivity index (χ1) is 12.5. The Hall–Kier alpha value is -2.59. The van der Waals surface area contributed by atoms with Gasteiger partial charge in [0, 0.05) is 21.9 Å². The molecular weight excluding hydrogens is 383 g/mol. The summed E-state index contributed by atoms with van der Waals surface area (Å²) in [5.74, 6) is 0.546. The molecule has 0 aliphatic rings. The smallest absolute Gasteiger partial charge is 0.239 e. The molecule has 4 rings (SSSR count). The van der Waals surface area contributed by atoms with E-state index >= 15 is 0 Å². The number of thiophene rings is 1. The number of alkyl halides is 3. The van der Waals surface area contributed by atoms with Crippen molar-refractivity contribution in [3.63, 3.8) is 0 Å². The summed E-state index contributed by atoms with van der Waals surface area (Å²) >= 11 is 2.91. The lowest BCUT2D eigenvalue weighted by molar-refractivity contribution is -0.137. The van der Waals surface area contributed by atoms with E-state index in [1.165, 1.54) is 28.3 Å². The molecule has 0 unspecified atom stereocenters. The van der Waals surface area contributed by atoms with E-state index in [4.69, 9.17) is 0 Å². The summed E-state index contributed by atoms with van der Waals surface area (Å²) in [6.45, 7) is 0.342. The van der Waals surface area contributed by atoms with Gasteiger partial charge in [-0.3, -0.25) is 0 Å². The van der Waals surface area contributed by atoms with Crippen LogP contribution in [0, 0.1) is 0 Å². The highest BCUT2D eigenvalue weighted by atomic mass is 32.1. The van der Waals surface area contributed by atoms with Crippen LogP contribution in [-0.2, 0) is 12.7 Å². The van der Waals surface area contributed by atoms with E-state index in [2.05, 4.69) is 20.4 Å². The molecule has 0 atom stereocenters. The summed E-state index contributed by atoms with van der Waals surface area (Å²) in [5, 5.41) is 18.7. The molecule has 0 radical (unpaired) electrons. The number of hydrogen-bond acceptors (Lipinski definition) is 6. The lowest BCUT2D eigenvalue weighted by atomic mass is 10.1. The normalized spacial score (nSPS) is 11.8. The van der Waals surface area contributed by atoms with Crippen LogP contribution in [0.5, 0.6) is 0 Å². The minimum Gasteiger partial charge on any atom is -0.239 e. The minimum atomic E-state index is -4.34. The zero-order chi connectivity index (χ0) is 18.1. The van der Waals surface area contributed by atoms with Crippen molar-refractivity contribution in [3.8, 4) is 22.0 Å². The number of hydrogen-bond donors (Lipinski definition) is 0. The van der Waals surface area contributed by atoms with E-state index in [0.717, 1.165) is 23.4 Å². The van der Waals surface area contributed by atoms with Gasteiger partial charge < -0.3 is 0 Å². The van der Waals surface area contributed by atoms with Crippen molar-refractivity contribution >= 4 is 22.7 Å². The lowest BCUT2D eigenvalue weighted by Gasteiger charge is -2.06. The van der Waals surface area contributed by atoms with Gasteiger partial charge in [-0.15, -0.1) is 21.5 Å². The molecule has 3 aromatic heterocycles. The third-order valence-electron chi connectivity index (χ3n) is 3.55. The SMILES string of the molecule is FC(F)(F)c1ccc(-c2nc(Cn3nnc(-c4ccsc4)n3)cs2)cc1. The molecule has 0 saturated heterocycles. The van der Waals surface area contributed by atoms with Crippen LogP contribution in [-0.4, -0.2) is 25.2 Å². The molecule has 10 heteroatoms. The van der Waals surface area contributed by atoms with Crippen LogP contribution >= 0.6 is 22.7 Å². The molecule has 0 aliphatic heterocycles. The molecule has 4 aromatic rings. The van der Waals surface area contributed by atoms with Gasteiger partial charge >= 0.3 is 6.18 Å². The Morgan fingerprint density at radius 2 is 1.81 bits per heavy atom. The first-order valence-electron chi connectivity index (χ1n) is 7.41. The maximum atomic E-state index is 12.6. The summed E-state index contributed by atoms with van der Waals surface area (Å²) in [4.78, 5) is 5.89. The fourth-order valence-electron chi connectivity index (χ4n) is 2.28. The van der Waals surface area contributed by atoms with E-state index in [1.54, 1.807) is 11.3 Å². The fraction of sp³-hybridized carbons (Fsp3) is 0.125. The standard InChI is InChI=1S/C16H10F3N5S2/c17-16(18,19)12-3-1-10(2-4-12)15-20-13(9-26-15)7-24-22-14(21-23-24)11-5-6-25-8-11/h1-6,8-9H,7H2. The van der Waals surface area contributed by atoms with E-state index in [-0.39, 0.29) is 0 Å². The number of thiazole rings is 1. The third-order valence-corrected chi connectivity index (χ3v) is 5.17. The van der Waals surface area contributed by atoms with Gasteiger partial charge in [-0.25, -0.2) is 4.98 Å². The molecule has 0 N–H and O–H groups in total. The number of rotatable bonds is 4. The van der Waals surface area contributed by atoms with E-state index in [1.807, 2.05) is 22.2 Å². The Morgan fingerprint density at radius 3 is 2.50 bits per heavy atom. The summed E-state index contributed by atoms with van der Waals surface area (Å²) < 4.78 is 37.9. The monoisotopic (exact) mass is 393 g/mol. The maximum Gasteiger partial charge on any atom is 0.416 e. The first-order valence-corrected chi connectivity index (χ1v) is 9.24. The van der Waals surface area contributed by atoms with E-state index < -0.39 is 11.7 Å². The highest BCUT2D eigenvalue weighted by Gasteiger charge is 2.30. The highest BCUT2D eigenvalue weighted by molar-refractivity contribution is 7.13. The highest BCUT2D eigenvalue weighted by Crippen LogP contribution is 2.31. The van der Waals surface area contributed by atoms with Gasteiger partial charge in [0.2, 0.25) is 5.82 Å². The molecule has 1 aromatic carbocycles. The van der Waals surface area contributed by atoms with Crippen LogP contribution < -0.4 is 0 Å². The zero-order valence-electron chi connectivity index (χ0n) is 13.0. The van der Waals surface area contributed by atoms with Crippen LogP contribution in [0.3, 0.4) is 0 Å². The van der Waals surface area contributed by atoms with Crippen molar-refractivity contribution in [2.75, 3.05) is 0 Å². The number of tetrazole rings is 1. The van der Waals surface area contributed by atoms with Crippen molar-refractivity contribution < 1.29 is 13.2 Å². The molecule has 0 spiro atoms. The van der Waals surface area contributed by atoms with Gasteiger partial charge in [0.25, 0.3) is 0 Å². The quantitative estimate of drug-likeness (QED) is 0.509. The third kappa shape index (κ3) is 3.51. The Morgan fingerprint density at radius 1 is 1.00 bits per heavy atom. The van der Waals surface area contributed by atoms with E-state index in [9.17, 15) is 13.2 Å². The first kappa shape index (κ1) is 16.9. The predicted molar refractivity (Wildman–Crippen MR) is 92.8 cm³/mol. The van der Waals surface area contributed by atoms with Crippen LogP contribution in [0.15, 0.2) is 46.5 Å². The second-order valence-corrected chi connectivity index (χ2v) is 7.01. The topological polar surface area (TPSA) is 56.5 Å². The van der Waals surface area contributed by atoms with Gasteiger partial charge in [0.15, 0.2) is 0 Å². The molecule has 0 fully saturated rings. The Balaban J connectivity index is 1.50. The van der Waals surface area contributed by atoms with Crippen molar-refractivity contribution in [3.05, 3.63) is 57.7 Å². The molecule has 0 aliphatic carbocycles. The molecule has 26 heavy (non-hydrogen) atoms. The summed E-state index contributed by atoms with van der Waals surface area (Å²) in [5.41, 5.74) is 1.59. The lowest BCUT2D eigenvalue weighted by Crippen LogP contribution is -2.04. The van der Waals surface area contributed by atoms with Crippen LogP contribution in [0.2, 0.25) is 0 Å². The predicted octanol–water partition coefficient (Wildman–Crippen LogP) is 4.59. The fourth-order valence-corrected chi connectivity index (χ4v) is 3.73. The summed E-state index contributed by atoms with van der Waals surface area (Å²) in [7, 11) is 0. The largest absolute Gasteiger partial charge is 0.416 e. The molecular formula is C16H10F3N5S2. The average molecular weight is 393 g/mol. The van der Waals surface area contributed by atoms with Crippen LogP contribution in [0.4, 0.5) is 13.2 Å². The number of halogens is 3. The van der Waals surface area contributed by atoms with Gasteiger partial charge in [0.1, 0.15) is 11.6 Å². The molecule has 0 amide bonds. The molecule has 132 valence electrons. The number of aromatic nitrogens is 5. The van der Waals surface area contributed by atoms with Crippen molar-refractivity contribution in [1.29, 1.82) is 0 Å². The maximum absolute atomic E-state index is 12.6. The second kappa shape index (κ2) is 6.61. The average Bonchev–Trinajstić information content (AvgIpc) is 3.36. The Labute approximate surface area is 153 Å².